The molecule has 5 nitrogen and oxygen atoms in total. The van der Waals surface area contributed by atoms with Gasteiger partial charge >= 0.3 is 0 Å². The third-order valence-electron chi connectivity index (χ3n) is 4.28. The van der Waals surface area contributed by atoms with Crippen molar-refractivity contribution in [3.8, 4) is 0 Å². The highest BCUT2D eigenvalue weighted by Gasteiger charge is 2.43. The molecule has 1 saturated heterocycles. The number of anilines is 1. The van der Waals surface area contributed by atoms with Crippen molar-refractivity contribution in [2.75, 3.05) is 4.90 Å². The van der Waals surface area contributed by atoms with Crippen LogP contribution in [0.3, 0.4) is 0 Å². The first-order chi connectivity index (χ1) is 11.0. The second-order valence-electron chi connectivity index (χ2n) is 6.03. The van der Waals surface area contributed by atoms with Crippen LogP contribution in [0.1, 0.15) is 36.2 Å². The van der Waals surface area contributed by atoms with Crippen LogP contribution in [-0.4, -0.2) is 21.8 Å². The van der Waals surface area contributed by atoms with Crippen LogP contribution in [0.25, 0.3) is 0 Å². The maximum Gasteiger partial charge on any atom is 0.240 e. The number of benzene rings is 1. The number of imide groups is 1. The summed E-state index contributed by atoms with van der Waals surface area (Å²) in [5.74, 6) is -0.637. The molecule has 0 spiro atoms. The molecule has 2 atom stereocenters. The van der Waals surface area contributed by atoms with E-state index in [9.17, 15) is 9.59 Å². The van der Waals surface area contributed by atoms with Gasteiger partial charge in [0, 0.05) is 17.8 Å². The van der Waals surface area contributed by atoms with Gasteiger partial charge in [0.1, 0.15) is 0 Å². The summed E-state index contributed by atoms with van der Waals surface area (Å²) in [6.45, 7) is 5.64. The Labute approximate surface area is 135 Å². The normalized spacial score (nSPS) is 19.3. The van der Waals surface area contributed by atoms with E-state index in [-0.39, 0.29) is 36.0 Å². The summed E-state index contributed by atoms with van der Waals surface area (Å²) in [5, 5.41) is 0. The van der Waals surface area contributed by atoms with Crippen LogP contribution in [0.15, 0.2) is 36.4 Å². The lowest BCUT2D eigenvalue weighted by Gasteiger charge is -2.18. The lowest BCUT2D eigenvalue weighted by molar-refractivity contribution is -0.122. The molecule has 2 amide bonds. The smallest absolute Gasteiger partial charge is 0.240 e. The third kappa shape index (κ3) is 2.86. The molecule has 3 rings (SSSR count). The predicted octanol–water partition coefficient (Wildman–Crippen LogP) is 2.78. The van der Waals surface area contributed by atoms with Crippen molar-refractivity contribution in [1.29, 1.82) is 0 Å². The van der Waals surface area contributed by atoms with Gasteiger partial charge in [-0.25, -0.2) is 14.9 Å². The van der Waals surface area contributed by atoms with Crippen molar-refractivity contribution in [2.45, 2.75) is 33.1 Å². The third-order valence-corrected chi connectivity index (χ3v) is 4.28. The van der Waals surface area contributed by atoms with Gasteiger partial charge in [-0.15, -0.1) is 0 Å². The van der Waals surface area contributed by atoms with E-state index in [1.165, 1.54) is 0 Å². The summed E-state index contributed by atoms with van der Waals surface area (Å²) in [5.41, 5.74) is 2.54. The van der Waals surface area contributed by atoms with E-state index in [1.54, 1.807) is 0 Å². The molecular weight excluding hydrogens is 290 g/mol. The Kier molecular flexibility index (Phi) is 3.94. The number of nitrogens with zero attached hydrogens (tertiary/aromatic N) is 3. The summed E-state index contributed by atoms with van der Waals surface area (Å²) in [6.07, 6.45) is 0.200. The molecule has 1 fully saturated rings. The number of hydrogen-bond acceptors (Lipinski definition) is 4. The fraction of sp³-hybridized carbons (Fsp3) is 0.333. The van der Waals surface area contributed by atoms with Crippen molar-refractivity contribution >= 4 is 17.8 Å². The van der Waals surface area contributed by atoms with Gasteiger partial charge in [-0.2, -0.15) is 0 Å². The van der Waals surface area contributed by atoms with E-state index < -0.39 is 0 Å². The van der Waals surface area contributed by atoms with E-state index in [1.807, 2.05) is 57.2 Å². The summed E-state index contributed by atoms with van der Waals surface area (Å²) in [6, 6.07) is 11.6. The standard InChI is InChI=1S/C18H19N3O2/c1-11-9-12(2)20-18(19-11)21-16(22)10-15(17(21)23)13(3)14-7-5-4-6-8-14/h4-9,13,15H,10H2,1-3H3/t13-,15+/m0/s1. The van der Waals surface area contributed by atoms with Crippen molar-refractivity contribution in [2.24, 2.45) is 5.92 Å². The van der Waals surface area contributed by atoms with Gasteiger partial charge in [-0.05, 0) is 31.4 Å². The molecule has 2 heterocycles. The highest BCUT2D eigenvalue weighted by molar-refractivity contribution is 6.20. The van der Waals surface area contributed by atoms with Crippen LogP contribution in [0.5, 0.6) is 0 Å². The van der Waals surface area contributed by atoms with Crippen molar-refractivity contribution in [3.63, 3.8) is 0 Å². The highest BCUT2D eigenvalue weighted by atomic mass is 16.2. The van der Waals surface area contributed by atoms with Crippen LogP contribution in [-0.2, 0) is 9.59 Å². The minimum Gasteiger partial charge on any atom is -0.274 e. The monoisotopic (exact) mass is 309 g/mol. The number of aryl methyl sites for hydroxylation is 2. The second kappa shape index (κ2) is 5.91. The largest absolute Gasteiger partial charge is 0.274 e. The van der Waals surface area contributed by atoms with Gasteiger partial charge in [-0.1, -0.05) is 37.3 Å². The molecule has 5 heteroatoms. The molecule has 2 aromatic rings. The zero-order valence-electron chi connectivity index (χ0n) is 13.5. The average Bonchev–Trinajstić information content (AvgIpc) is 2.81. The molecule has 0 radical (unpaired) electrons. The van der Waals surface area contributed by atoms with Gasteiger partial charge in [0.2, 0.25) is 17.8 Å². The summed E-state index contributed by atoms with van der Waals surface area (Å²) >= 11 is 0. The van der Waals surface area contributed by atoms with Crippen molar-refractivity contribution < 1.29 is 9.59 Å². The van der Waals surface area contributed by atoms with E-state index in [0.29, 0.717) is 0 Å². The van der Waals surface area contributed by atoms with Gasteiger partial charge in [-0.3, -0.25) is 9.59 Å². The average molecular weight is 309 g/mol. The molecule has 1 aliphatic rings. The molecule has 1 aromatic carbocycles. The van der Waals surface area contributed by atoms with Crippen molar-refractivity contribution in [1.82, 2.24) is 9.97 Å². The molecule has 0 aliphatic carbocycles. The summed E-state index contributed by atoms with van der Waals surface area (Å²) in [7, 11) is 0. The van der Waals surface area contributed by atoms with Crippen LogP contribution < -0.4 is 4.90 Å². The zero-order chi connectivity index (χ0) is 16.6. The quantitative estimate of drug-likeness (QED) is 0.818. The molecule has 23 heavy (non-hydrogen) atoms. The number of amides is 2. The summed E-state index contributed by atoms with van der Waals surface area (Å²) < 4.78 is 0. The molecule has 0 bridgehead atoms. The molecule has 1 aliphatic heterocycles. The van der Waals surface area contributed by atoms with Crippen LogP contribution >= 0.6 is 0 Å². The Hall–Kier alpha value is -2.56. The molecule has 118 valence electrons. The maximum absolute atomic E-state index is 12.8. The second-order valence-corrected chi connectivity index (χ2v) is 6.03. The first-order valence-electron chi connectivity index (χ1n) is 7.71. The topological polar surface area (TPSA) is 63.2 Å². The Morgan fingerprint density at radius 1 is 1.09 bits per heavy atom. The van der Waals surface area contributed by atoms with Gasteiger partial charge in [0.05, 0.1) is 5.92 Å². The molecule has 1 aromatic heterocycles. The lowest BCUT2D eigenvalue weighted by atomic mass is 9.86. The van der Waals surface area contributed by atoms with Crippen molar-refractivity contribution in [3.05, 3.63) is 53.3 Å². The number of carbonyl (C=O) groups excluding carboxylic acids is 2. The number of aromatic nitrogens is 2. The first-order valence-corrected chi connectivity index (χ1v) is 7.71. The lowest BCUT2D eigenvalue weighted by Crippen LogP contribution is -2.33. The molecular formula is C18H19N3O2. The molecule has 0 saturated carbocycles. The number of rotatable bonds is 3. The van der Waals surface area contributed by atoms with E-state index in [4.69, 9.17) is 0 Å². The Balaban J connectivity index is 1.91. The summed E-state index contributed by atoms with van der Waals surface area (Å²) in [4.78, 5) is 34.8. The zero-order valence-corrected chi connectivity index (χ0v) is 13.5. The SMILES string of the molecule is Cc1cc(C)nc(N2C(=O)C[C@H]([C@@H](C)c3ccccc3)C2=O)n1. The minimum absolute atomic E-state index is 0.0245. The van der Waals surface area contributed by atoms with Crippen LogP contribution in [0.4, 0.5) is 5.95 Å². The van der Waals surface area contributed by atoms with Crippen LogP contribution in [0.2, 0.25) is 0 Å². The maximum atomic E-state index is 12.8. The minimum atomic E-state index is -0.366. The first kappa shape index (κ1) is 15.3. The van der Waals surface area contributed by atoms with E-state index >= 15 is 0 Å². The fourth-order valence-corrected chi connectivity index (χ4v) is 3.05. The van der Waals surface area contributed by atoms with Gasteiger partial charge in [0.15, 0.2) is 0 Å². The van der Waals surface area contributed by atoms with Crippen LogP contribution in [0, 0.1) is 19.8 Å². The van der Waals surface area contributed by atoms with Gasteiger partial charge in [0.25, 0.3) is 0 Å². The van der Waals surface area contributed by atoms with E-state index in [0.717, 1.165) is 21.9 Å². The predicted molar refractivity (Wildman–Crippen MR) is 87.0 cm³/mol. The Morgan fingerprint density at radius 2 is 1.70 bits per heavy atom. The van der Waals surface area contributed by atoms with Gasteiger partial charge < -0.3 is 0 Å². The fourth-order valence-electron chi connectivity index (χ4n) is 3.05. The Morgan fingerprint density at radius 3 is 2.30 bits per heavy atom. The Bertz CT molecular complexity index is 738. The molecule has 0 N–H and O–H groups in total. The number of carbonyl (C=O) groups is 2. The number of hydrogen-bond donors (Lipinski definition) is 0. The van der Waals surface area contributed by atoms with E-state index in [2.05, 4.69) is 9.97 Å². The molecule has 0 unspecified atom stereocenters. The highest BCUT2D eigenvalue weighted by Crippen LogP contribution is 2.34.